The van der Waals surface area contributed by atoms with Crippen molar-refractivity contribution >= 4 is 50.8 Å². The van der Waals surface area contributed by atoms with Gasteiger partial charge in [-0.1, -0.05) is 46.3 Å². The van der Waals surface area contributed by atoms with Crippen molar-refractivity contribution in [2.75, 3.05) is 13.7 Å². The number of esters is 1. The fourth-order valence-electron chi connectivity index (χ4n) is 2.66. The first-order valence-corrected chi connectivity index (χ1v) is 10.8. The number of carbonyl (C=O) groups excluding carboxylic acids is 2. The summed E-state index contributed by atoms with van der Waals surface area (Å²) >= 11 is 4.76. The molecule has 0 aliphatic heterocycles. The first kappa shape index (κ1) is 21.9. The van der Waals surface area contributed by atoms with Crippen LogP contribution < -0.4 is 0 Å². The van der Waals surface area contributed by atoms with Crippen LogP contribution in [-0.2, 0) is 20.9 Å². The summed E-state index contributed by atoms with van der Waals surface area (Å²) in [5.74, 6) is -1.27. The summed E-state index contributed by atoms with van der Waals surface area (Å²) in [5, 5.41) is 1.85. The van der Waals surface area contributed by atoms with Gasteiger partial charge < -0.3 is 9.64 Å². The van der Waals surface area contributed by atoms with Crippen molar-refractivity contribution < 1.29 is 18.7 Å². The maximum absolute atomic E-state index is 13.2. The third kappa shape index (κ3) is 6.11. The Kier molecular flexibility index (Phi) is 7.54. The Bertz CT molecular complexity index is 1030. The summed E-state index contributed by atoms with van der Waals surface area (Å²) in [6, 6.07) is 17.1. The maximum Gasteiger partial charge on any atom is 0.340 e. The van der Waals surface area contributed by atoms with E-state index in [1.54, 1.807) is 31.3 Å². The van der Waals surface area contributed by atoms with Gasteiger partial charge in [0.2, 0.25) is 0 Å². The van der Waals surface area contributed by atoms with Crippen LogP contribution in [0.5, 0.6) is 0 Å². The quantitative estimate of drug-likeness (QED) is 0.331. The summed E-state index contributed by atoms with van der Waals surface area (Å²) in [6.45, 7) is 0.0465. The number of hydrogen-bond acceptors (Lipinski definition) is 4. The van der Waals surface area contributed by atoms with Gasteiger partial charge in [-0.05, 0) is 52.9 Å². The molecule has 3 rings (SSSR count). The molecule has 0 bridgehead atoms. The van der Waals surface area contributed by atoms with Gasteiger partial charge in [0.25, 0.3) is 5.91 Å². The molecule has 0 N–H and O–H groups in total. The average molecular weight is 488 g/mol. The minimum Gasteiger partial charge on any atom is -0.452 e. The molecular weight excluding hydrogens is 469 g/mol. The van der Waals surface area contributed by atoms with Crippen molar-refractivity contribution in [2.24, 2.45) is 0 Å². The lowest BCUT2D eigenvalue weighted by molar-refractivity contribution is -0.147. The van der Waals surface area contributed by atoms with Crippen LogP contribution in [0.2, 0.25) is 0 Å². The molecule has 0 atom stereocenters. The van der Waals surface area contributed by atoms with Gasteiger partial charge in [0, 0.05) is 22.9 Å². The molecule has 3 aromatic rings. The highest BCUT2D eigenvalue weighted by Crippen LogP contribution is 2.24. The third-order valence-electron chi connectivity index (χ3n) is 4.27. The van der Waals surface area contributed by atoms with E-state index in [0.29, 0.717) is 22.6 Å². The first-order chi connectivity index (χ1) is 14.4. The molecule has 4 nitrogen and oxygen atoms in total. The van der Waals surface area contributed by atoms with Gasteiger partial charge in [0.1, 0.15) is 5.82 Å². The average Bonchev–Trinajstić information content (AvgIpc) is 3.27. The Labute approximate surface area is 186 Å². The van der Waals surface area contributed by atoms with Crippen molar-refractivity contribution in [2.45, 2.75) is 6.54 Å². The molecule has 0 fully saturated rings. The van der Waals surface area contributed by atoms with Crippen molar-refractivity contribution in [1.82, 2.24) is 4.90 Å². The Balaban J connectivity index is 1.66. The van der Waals surface area contributed by atoms with Gasteiger partial charge in [0.15, 0.2) is 6.61 Å². The number of nitrogens with zero attached hydrogens (tertiary/aromatic N) is 1. The van der Waals surface area contributed by atoms with Crippen molar-refractivity contribution in [1.29, 1.82) is 0 Å². The number of likely N-dealkylation sites (N-methyl/N-ethyl adjacent to an activating group) is 1. The lowest BCUT2D eigenvalue weighted by Crippen LogP contribution is -2.30. The van der Waals surface area contributed by atoms with Crippen LogP contribution in [0.15, 0.2) is 70.5 Å². The minimum atomic E-state index is -0.604. The molecule has 7 heteroatoms. The lowest BCUT2D eigenvalue weighted by Gasteiger charge is -2.17. The van der Waals surface area contributed by atoms with Gasteiger partial charge in [-0.3, -0.25) is 4.79 Å². The van der Waals surface area contributed by atoms with Gasteiger partial charge in [-0.15, -0.1) is 11.3 Å². The zero-order valence-electron chi connectivity index (χ0n) is 16.2. The van der Waals surface area contributed by atoms with Gasteiger partial charge in [-0.25, -0.2) is 9.18 Å². The number of carbonyl (C=O) groups is 2. The fraction of sp³-hybridized carbons (Fsp3) is 0.130. The largest absolute Gasteiger partial charge is 0.452 e. The monoisotopic (exact) mass is 487 g/mol. The highest BCUT2D eigenvalue weighted by Gasteiger charge is 2.18. The van der Waals surface area contributed by atoms with Crippen LogP contribution in [0.25, 0.3) is 11.6 Å². The Morgan fingerprint density at radius 2 is 1.80 bits per heavy atom. The summed E-state index contributed by atoms with van der Waals surface area (Å²) in [4.78, 5) is 27.3. The van der Waals surface area contributed by atoms with Gasteiger partial charge in [-0.2, -0.15) is 0 Å². The Hall–Kier alpha value is -2.77. The van der Waals surface area contributed by atoms with Crippen LogP contribution in [0.1, 0.15) is 16.0 Å². The van der Waals surface area contributed by atoms with Crippen LogP contribution in [0, 0.1) is 5.82 Å². The van der Waals surface area contributed by atoms with E-state index in [1.807, 2.05) is 35.7 Å². The molecule has 0 aliphatic carbocycles. The minimum absolute atomic E-state index is 0.307. The predicted molar refractivity (Wildman–Crippen MR) is 120 cm³/mol. The standard InChI is InChI=1S/C23H19BrFNO3S/c1-26(14-17-4-8-18(24)9-5-17)22(27)15-29-23(28)20(21-3-2-12-30-21)13-16-6-10-19(25)11-7-16/h2-13H,14-15H2,1H3/b20-13+. The number of amides is 1. The maximum atomic E-state index is 13.2. The molecule has 154 valence electrons. The Morgan fingerprint density at radius 1 is 1.10 bits per heavy atom. The molecule has 0 spiro atoms. The topological polar surface area (TPSA) is 46.6 Å². The van der Waals surface area contributed by atoms with E-state index in [-0.39, 0.29) is 18.3 Å². The zero-order chi connectivity index (χ0) is 21.5. The van der Waals surface area contributed by atoms with Gasteiger partial charge >= 0.3 is 5.97 Å². The second-order valence-corrected chi connectivity index (χ2v) is 8.40. The van der Waals surface area contributed by atoms with Crippen molar-refractivity contribution in [3.63, 3.8) is 0 Å². The van der Waals surface area contributed by atoms with Gasteiger partial charge in [0.05, 0.1) is 5.57 Å². The molecule has 2 aromatic carbocycles. The smallest absolute Gasteiger partial charge is 0.340 e. The normalized spacial score (nSPS) is 11.2. The predicted octanol–water partition coefficient (Wildman–Crippen LogP) is 5.39. The number of thiophene rings is 1. The first-order valence-electron chi connectivity index (χ1n) is 9.09. The third-order valence-corrected chi connectivity index (χ3v) is 5.70. The molecule has 0 saturated heterocycles. The second kappa shape index (κ2) is 10.3. The number of hydrogen-bond donors (Lipinski definition) is 0. The van der Waals surface area contributed by atoms with E-state index in [1.165, 1.54) is 28.4 Å². The number of rotatable bonds is 7. The molecule has 30 heavy (non-hydrogen) atoms. The second-order valence-electron chi connectivity index (χ2n) is 6.54. The molecule has 1 amide bonds. The SMILES string of the molecule is CN(Cc1ccc(Br)cc1)C(=O)COC(=O)/C(=C/c1ccc(F)cc1)c1cccs1. The fourth-order valence-corrected chi connectivity index (χ4v) is 3.65. The van der Waals surface area contributed by atoms with E-state index in [4.69, 9.17) is 4.74 Å². The van der Waals surface area contributed by atoms with E-state index in [0.717, 1.165) is 10.0 Å². The van der Waals surface area contributed by atoms with E-state index >= 15 is 0 Å². The molecule has 0 unspecified atom stereocenters. The van der Waals surface area contributed by atoms with E-state index in [9.17, 15) is 14.0 Å². The zero-order valence-corrected chi connectivity index (χ0v) is 18.6. The molecule has 0 radical (unpaired) electrons. The summed E-state index contributed by atoms with van der Waals surface area (Å²) in [7, 11) is 1.66. The Morgan fingerprint density at radius 3 is 2.43 bits per heavy atom. The van der Waals surface area contributed by atoms with E-state index in [2.05, 4.69) is 15.9 Å². The summed E-state index contributed by atoms with van der Waals surface area (Å²) in [5.41, 5.74) is 1.95. The highest BCUT2D eigenvalue weighted by atomic mass is 79.9. The molecule has 0 aliphatic rings. The molecular formula is C23H19BrFNO3S. The number of benzene rings is 2. The summed E-state index contributed by atoms with van der Waals surface area (Å²) < 4.78 is 19.4. The molecule has 1 heterocycles. The summed E-state index contributed by atoms with van der Waals surface area (Å²) in [6.07, 6.45) is 1.63. The van der Waals surface area contributed by atoms with Crippen LogP contribution in [0.3, 0.4) is 0 Å². The van der Waals surface area contributed by atoms with E-state index < -0.39 is 5.97 Å². The van der Waals surface area contributed by atoms with Crippen LogP contribution in [0.4, 0.5) is 4.39 Å². The van der Waals surface area contributed by atoms with Crippen LogP contribution >= 0.6 is 27.3 Å². The van der Waals surface area contributed by atoms with Crippen molar-refractivity contribution in [3.05, 3.63) is 92.3 Å². The highest BCUT2D eigenvalue weighted by molar-refractivity contribution is 9.10. The number of halogens is 2. The van der Waals surface area contributed by atoms with Crippen molar-refractivity contribution in [3.8, 4) is 0 Å². The molecule has 1 aromatic heterocycles. The number of ether oxygens (including phenoxy) is 1. The lowest BCUT2D eigenvalue weighted by atomic mass is 10.1. The molecule has 0 saturated carbocycles. The van der Waals surface area contributed by atoms with Crippen LogP contribution in [-0.4, -0.2) is 30.4 Å².